The summed E-state index contributed by atoms with van der Waals surface area (Å²) >= 11 is 11.2. The maximum Gasteiger partial charge on any atom is 0.187 e. The van der Waals surface area contributed by atoms with Crippen molar-refractivity contribution in [1.82, 2.24) is 15.7 Å². The van der Waals surface area contributed by atoms with Crippen LogP contribution in [0.15, 0.2) is 29.4 Å². The van der Waals surface area contributed by atoms with Gasteiger partial charge in [-0.25, -0.2) is 4.98 Å². The zero-order valence-corrected chi connectivity index (χ0v) is 14.4. The number of nitrogens with one attached hydrogen (secondary N) is 2. The standard InChI is InChI=1S/C15H17ClN4O2S/c1-21-6-5-17-15(23)20-18-9-11-7-10-8-12(22-2)3-4-13(10)19-14(11)16/h3-4,7-9H,5-6H2,1-2H3,(H2,17,20,23)/b18-9-. The van der Waals surface area contributed by atoms with Crippen molar-refractivity contribution in [2.45, 2.75) is 0 Å². The lowest BCUT2D eigenvalue weighted by Gasteiger charge is -2.06. The van der Waals surface area contributed by atoms with Crippen LogP contribution in [0.2, 0.25) is 5.15 Å². The highest BCUT2D eigenvalue weighted by Gasteiger charge is 2.04. The Balaban J connectivity index is 2.08. The van der Waals surface area contributed by atoms with Gasteiger partial charge in [0.1, 0.15) is 10.9 Å². The minimum Gasteiger partial charge on any atom is -0.497 e. The van der Waals surface area contributed by atoms with Gasteiger partial charge in [-0.05, 0) is 36.5 Å². The number of pyridine rings is 1. The normalized spacial score (nSPS) is 10.9. The number of hydrogen-bond acceptors (Lipinski definition) is 5. The summed E-state index contributed by atoms with van der Waals surface area (Å²) in [4.78, 5) is 4.34. The summed E-state index contributed by atoms with van der Waals surface area (Å²) in [6.07, 6.45) is 1.57. The van der Waals surface area contributed by atoms with Gasteiger partial charge in [0.25, 0.3) is 0 Å². The van der Waals surface area contributed by atoms with Gasteiger partial charge < -0.3 is 14.8 Å². The van der Waals surface area contributed by atoms with Crippen LogP contribution in [0.5, 0.6) is 5.75 Å². The van der Waals surface area contributed by atoms with Crippen LogP contribution in [0, 0.1) is 0 Å². The number of aromatic nitrogens is 1. The number of ether oxygens (including phenoxy) is 2. The summed E-state index contributed by atoms with van der Waals surface area (Å²) in [5.74, 6) is 0.756. The van der Waals surface area contributed by atoms with Gasteiger partial charge in [0.15, 0.2) is 5.11 Å². The van der Waals surface area contributed by atoms with E-state index in [-0.39, 0.29) is 0 Å². The Kier molecular flexibility index (Phi) is 6.52. The molecule has 0 spiro atoms. The quantitative estimate of drug-likeness (QED) is 0.273. The summed E-state index contributed by atoms with van der Waals surface area (Å²) in [6, 6.07) is 7.47. The van der Waals surface area contributed by atoms with Crippen LogP contribution in [-0.2, 0) is 4.74 Å². The third kappa shape index (κ3) is 5.02. The van der Waals surface area contributed by atoms with Gasteiger partial charge in [0.05, 0.1) is 25.4 Å². The summed E-state index contributed by atoms with van der Waals surface area (Å²) in [5.41, 5.74) is 4.18. The number of methoxy groups -OCH3 is 2. The first kappa shape index (κ1) is 17.4. The predicted molar refractivity (Wildman–Crippen MR) is 96.5 cm³/mol. The Morgan fingerprint density at radius 2 is 2.22 bits per heavy atom. The van der Waals surface area contributed by atoms with E-state index in [9.17, 15) is 0 Å². The fraction of sp³-hybridized carbons (Fsp3) is 0.267. The van der Waals surface area contributed by atoms with Crippen molar-refractivity contribution in [2.24, 2.45) is 5.10 Å². The van der Waals surface area contributed by atoms with Crippen LogP contribution in [0.25, 0.3) is 10.9 Å². The molecule has 2 N–H and O–H groups in total. The van der Waals surface area contributed by atoms with Crippen LogP contribution < -0.4 is 15.5 Å². The third-order valence-electron chi connectivity index (χ3n) is 2.96. The first-order valence-corrected chi connectivity index (χ1v) is 7.63. The highest BCUT2D eigenvalue weighted by Crippen LogP contribution is 2.23. The Morgan fingerprint density at radius 3 is 2.96 bits per heavy atom. The van der Waals surface area contributed by atoms with E-state index in [1.54, 1.807) is 20.4 Å². The van der Waals surface area contributed by atoms with Gasteiger partial charge in [-0.15, -0.1) is 0 Å². The number of hydrogen-bond donors (Lipinski definition) is 2. The average molecular weight is 353 g/mol. The van der Waals surface area contributed by atoms with Crippen molar-refractivity contribution < 1.29 is 9.47 Å². The van der Waals surface area contributed by atoms with E-state index in [0.717, 1.165) is 16.7 Å². The molecular formula is C15H17ClN4O2S. The molecule has 122 valence electrons. The second-order valence-corrected chi connectivity index (χ2v) is 5.31. The number of fused-ring (bicyclic) bond motifs is 1. The van der Waals surface area contributed by atoms with Gasteiger partial charge in [-0.3, -0.25) is 5.43 Å². The van der Waals surface area contributed by atoms with Crippen molar-refractivity contribution in [3.63, 3.8) is 0 Å². The molecule has 23 heavy (non-hydrogen) atoms. The van der Waals surface area contributed by atoms with Crippen molar-refractivity contribution in [1.29, 1.82) is 0 Å². The molecule has 8 heteroatoms. The molecule has 0 unspecified atom stereocenters. The Labute approximate surface area is 144 Å². The first-order valence-electron chi connectivity index (χ1n) is 6.84. The van der Waals surface area contributed by atoms with Gasteiger partial charge in [-0.1, -0.05) is 11.6 Å². The maximum atomic E-state index is 6.17. The Morgan fingerprint density at radius 1 is 1.39 bits per heavy atom. The third-order valence-corrected chi connectivity index (χ3v) is 3.50. The highest BCUT2D eigenvalue weighted by atomic mass is 35.5. The lowest BCUT2D eigenvalue weighted by molar-refractivity contribution is 0.204. The van der Waals surface area contributed by atoms with Crippen molar-refractivity contribution in [3.8, 4) is 5.75 Å². The molecule has 0 fully saturated rings. The first-order chi connectivity index (χ1) is 11.1. The molecule has 1 heterocycles. The van der Waals surface area contributed by atoms with Crippen LogP contribution in [0.3, 0.4) is 0 Å². The Hall–Kier alpha value is -1.96. The predicted octanol–water partition coefficient (Wildman–Crippen LogP) is 2.34. The minimum atomic E-state index is 0.367. The molecule has 0 atom stereocenters. The van der Waals surface area contributed by atoms with Gasteiger partial charge in [0.2, 0.25) is 0 Å². The van der Waals surface area contributed by atoms with Crippen LogP contribution in [0.1, 0.15) is 5.56 Å². The number of thiocarbonyl (C=S) groups is 1. The average Bonchev–Trinajstić information content (AvgIpc) is 2.55. The zero-order chi connectivity index (χ0) is 16.7. The molecule has 0 aliphatic heterocycles. The number of benzene rings is 1. The van der Waals surface area contributed by atoms with Crippen LogP contribution in [0.4, 0.5) is 0 Å². The SMILES string of the molecule is COCCNC(=S)N/N=C\c1cc2cc(OC)ccc2nc1Cl. The molecule has 1 aromatic carbocycles. The maximum absolute atomic E-state index is 6.17. The van der Waals surface area contributed by atoms with Crippen LogP contribution >= 0.6 is 23.8 Å². The van der Waals surface area contributed by atoms with Crippen molar-refractivity contribution in [2.75, 3.05) is 27.4 Å². The van der Waals surface area contributed by atoms with E-state index in [2.05, 4.69) is 20.8 Å². The van der Waals surface area contributed by atoms with Crippen molar-refractivity contribution >= 4 is 46.0 Å². The van der Waals surface area contributed by atoms with Crippen molar-refractivity contribution in [3.05, 3.63) is 35.0 Å². The summed E-state index contributed by atoms with van der Waals surface area (Å²) in [5, 5.41) is 8.69. The smallest absolute Gasteiger partial charge is 0.187 e. The van der Waals surface area contributed by atoms with E-state index >= 15 is 0 Å². The summed E-state index contributed by atoms with van der Waals surface area (Å²) in [6.45, 7) is 1.17. The van der Waals surface area contributed by atoms with E-state index in [0.29, 0.717) is 29.0 Å². The largest absolute Gasteiger partial charge is 0.497 e. The number of halogens is 1. The van der Waals surface area contributed by atoms with E-state index in [1.807, 2.05) is 24.3 Å². The summed E-state index contributed by atoms with van der Waals surface area (Å²) < 4.78 is 10.1. The monoisotopic (exact) mass is 352 g/mol. The molecule has 2 rings (SSSR count). The Bertz CT molecular complexity index is 724. The highest BCUT2D eigenvalue weighted by molar-refractivity contribution is 7.80. The second-order valence-electron chi connectivity index (χ2n) is 4.55. The zero-order valence-electron chi connectivity index (χ0n) is 12.8. The topological polar surface area (TPSA) is 67.8 Å². The lowest BCUT2D eigenvalue weighted by Crippen LogP contribution is -2.34. The molecule has 6 nitrogen and oxygen atoms in total. The molecule has 2 aromatic rings. The minimum absolute atomic E-state index is 0.367. The van der Waals surface area contributed by atoms with E-state index < -0.39 is 0 Å². The molecule has 0 radical (unpaired) electrons. The van der Waals surface area contributed by atoms with Gasteiger partial charge in [0, 0.05) is 24.6 Å². The van der Waals surface area contributed by atoms with E-state index in [1.165, 1.54) is 0 Å². The van der Waals surface area contributed by atoms with Crippen LogP contribution in [-0.4, -0.2) is 43.7 Å². The number of rotatable bonds is 6. The summed E-state index contributed by atoms with van der Waals surface area (Å²) in [7, 11) is 3.24. The molecule has 0 aliphatic rings. The molecule has 0 amide bonds. The molecule has 0 saturated carbocycles. The van der Waals surface area contributed by atoms with Gasteiger partial charge >= 0.3 is 0 Å². The molecule has 0 saturated heterocycles. The van der Waals surface area contributed by atoms with E-state index in [4.69, 9.17) is 33.3 Å². The fourth-order valence-corrected chi connectivity index (χ4v) is 2.18. The van der Waals surface area contributed by atoms with Gasteiger partial charge in [-0.2, -0.15) is 5.10 Å². The second kappa shape index (κ2) is 8.61. The molecular weight excluding hydrogens is 336 g/mol. The molecule has 0 aliphatic carbocycles. The lowest BCUT2D eigenvalue weighted by atomic mass is 10.1. The molecule has 0 bridgehead atoms. The number of hydrazone groups is 1. The number of nitrogens with zero attached hydrogens (tertiary/aromatic N) is 2. The molecule has 1 aromatic heterocycles. The fourth-order valence-electron chi connectivity index (χ4n) is 1.83.